The van der Waals surface area contributed by atoms with E-state index in [1.165, 1.54) is 0 Å². The molecule has 2 aromatic carbocycles. The molecule has 0 spiro atoms. The number of ether oxygens (including phenoxy) is 1. The first-order chi connectivity index (χ1) is 14.0. The summed E-state index contributed by atoms with van der Waals surface area (Å²) < 4.78 is 11.6. The number of carbonyl (C=O) groups is 1. The summed E-state index contributed by atoms with van der Waals surface area (Å²) >= 11 is 3.42. The topological polar surface area (TPSA) is 68.5 Å². The fourth-order valence-electron chi connectivity index (χ4n) is 2.94. The molecular weight excluding hydrogens is 434 g/mol. The molecule has 0 aliphatic heterocycles. The molecule has 0 N–H and O–H groups in total. The molecule has 0 bridgehead atoms. The van der Waals surface area contributed by atoms with Crippen LogP contribution in [0.1, 0.15) is 30.1 Å². The summed E-state index contributed by atoms with van der Waals surface area (Å²) in [5.74, 6) is 2.11. The predicted molar refractivity (Wildman–Crippen MR) is 115 cm³/mol. The highest BCUT2D eigenvalue weighted by molar-refractivity contribution is 9.10. The van der Waals surface area contributed by atoms with Gasteiger partial charge in [0.25, 0.3) is 5.91 Å². The number of aromatic nitrogens is 2. The average molecular weight is 458 g/mol. The van der Waals surface area contributed by atoms with Crippen LogP contribution in [0.4, 0.5) is 0 Å². The van der Waals surface area contributed by atoms with E-state index in [1.54, 1.807) is 31.4 Å². The minimum atomic E-state index is -0.0194. The molecule has 0 saturated heterocycles. The number of rotatable bonds is 8. The molecule has 152 valence electrons. The van der Waals surface area contributed by atoms with Gasteiger partial charge in [0.15, 0.2) is 0 Å². The van der Waals surface area contributed by atoms with Gasteiger partial charge in [0.2, 0.25) is 11.7 Å². The third kappa shape index (κ3) is 5.67. The van der Waals surface area contributed by atoms with E-state index >= 15 is 0 Å². The molecule has 0 saturated carbocycles. The molecule has 7 heteroatoms. The van der Waals surface area contributed by atoms with Gasteiger partial charge in [-0.2, -0.15) is 4.98 Å². The van der Waals surface area contributed by atoms with Crippen LogP contribution in [-0.2, 0) is 6.42 Å². The minimum Gasteiger partial charge on any atom is -0.497 e. The number of nitrogens with zero attached hydrogens (tertiary/aromatic N) is 3. The average Bonchev–Trinajstić information content (AvgIpc) is 3.20. The van der Waals surface area contributed by atoms with Gasteiger partial charge in [-0.15, -0.1) is 0 Å². The quantitative estimate of drug-likeness (QED) is 0.483. The SMILES string of the molecule is COc1ccc(C(=O)N(CCc2nc(-c3ccc(Br)cc3)no2)CC(C)C)cc1. The van der Waals surface area contributed by atoms with Crippen molar-refractivity contribution >= 4 is 21.8 Å². The summed E-state index contributed by atoms with van der Waals surface area (Å²) in [5, 5.41) is 4.06. The number of carbonyl (C=O) groups excluding carboxylic acids is 1. The van der Waals surface area contributed by atoms with E-state index in [1.807, 2.05) is 29.2 Å². The maximum absolute atomic E-state index is 13.0. The second-order valence-corrected chi connectivity index (χ2v) is 8.06. The Labute approximate surface area is 179 Å². The van der Waals surface area contributed by atoms with Crippen molar-refractivity contribution in [3.63, 3.8) is 0 Å². The molecule has 1 amide bonds. The molecule has 29 heavy (non-hydrogen) atoms. The Morgan fingerprint density at radius 1 is 1.14 bits per heavy atom. The Morgan fingerprint density at radius 2 is 1.83 bits per heavy atom. The van der Waals surface area contributed by atoms with Crippen molar-refractivity contribution in [2.24, 2.45) is 5.92 Å². The van der Waals surface area contributed by atoms with Crippen LogP contribution in [0, 0.1) is 5.92 Å². The van der Waals surface area contributed by atoms with Crippen LogP contribution in [0.5, 0.6) is 5.75 Å². The van der Waals surface area contributed by atoms with Gasteiger partial charge in [0.05, 0.1) is 7.11 Å². The van der Waals surface area contributed by atoms with E-state index < -0.39 is 0 Å². The number of hydrogen-bond acceptors (Lipinski definition) is 5. The first-order valence-electron chi connectivity index (χ1n) is 9.48. The van der Waals surface area contributed by atoms with E-state index in [-0.39, 0.29) is 5.91 Å². The lowest BCUT2D eigenvalue weighted by Crippen LogP contribution is -2.36. The fourth-order valence-corrected chi connectivity index (χ4v) is 3.20. The summed E-state index contributed by atoms with van der Waals surface area (Å²) in [6, 6.07) is 14.9. The zero-order valence-electron chi connectivity index (χ0n) is 16.8. The van der Waals surface area contributed by atoms with Crippen molar-refractivity contribution in [1.29, 1.82) is 0 Å². The maximum atomic E-state index is 13.0. The van der Waals surface area contributed by atoms with Crippen LogP contribution in [0.25, 0.3) is 11.4 Å². The van der Waals surface area contributed by atoms with Crippen LogP contribution in [-0.4, -0.2) is 41.1 Å². The van der Waals surface area contributed by atoms with Gasteiger partial charge in [0, 0.05) is 35.1 Å². The zero-order chi connectivity index (χ0) is 20.8. The molecule has 6 nitrogen and oxygen atoms in total. The van der Waals surface area contributed by atoms with Crippen molar-refractivity contribution in [3.8, 4) is 17.1 Å². The Bertz CT molecular complexity index is 937. The fraction of sp³-hybridized carbons (Fsp3) is 0.318. The molecule has 1 heterocycles. The third-order valence-corrected chi connectivity index (χ3v) is 4.90. The molecule has 0 aliphatic rings. The lowest BCUT2D eigenvalue weighted by Gasteiger charge is -2.24. The predicted octanol–water partition coefficient (Wildman–Crippen LogP) is 4.85. The Morgan fingerprint density at radius 3 is 2.45 bits per heavy atom. The van der Waals surface area contributed by atoms with Crippen molar-refractivity contribution in [3.05, 3.63) is 64.5 Å². The first-order valence-corrected chi connectivity index (χ1v) is 10.3. The summed E-state index contributed by atoms with van der Waals surface area (Å²) in [4.78, 5) is 19.3. The van der Waals surface area contributed by atoms with E-state index in [0.29, 0.717) is 42.7 Å². The molecule has 0 unspecified atom stereocenters. The highest BCUT2D eigenvalue weighted by Gasteiger charge is 2.18. The van der Waals surface area contributed by atoms with Gasteiger partial charge in [0.1, 0.15) is 5.75 Å². The van der Waals surface area contributed by atoms with E-state index in [9.17, 15) is 4.79 Å². The van der Waals surface area contributed by atoms with Gasteiger partial charge >= 0.3 is 0 Å². The maximum Gasteiger partial charge on any atom is 0.253 e. The van der Waals surface area contributed by atoms with Crippen LogP contribution in [0.15, 0.2) is 57.5 Å². The molecule has 0 radical (unpaired) electrons. The molecule has 0 aliphatic carbocycles. The Balaban J connectivity index is 1.69. The first kappa shape index (κ1) is 21.0. The second kappa shape index (κ2) is 9.69. The van der Waals surface area contributed by atoms with Crippen molar-refractivity contribution in [2.45, 2.75) is 20.3 Å². The molecule has 3 rings (SSSR count). The van der Waals surface area contributed by atoms with Gasteiger partial charge in [-0.05, 0) is 54.4 Å². The van der Waals surface area contributed by atoms with Gasteiger partial charge < -0.3 is 14.2 Å². The van der Waals surface area contributed by atoms with Gasteiger partial charge in [-0.25, -0.2) is 0 Å². The smallest absolute Gasteiger partial charge is 0.253 e. The number of halogens is 1. The van der Waals surface area contributed by atoms with Crippen LogP contribution >= 0.6 is 15.9 Å². The standard InChI is InChI=1S/C22H24BrN3O3/c1-15(2)14-26(22(27)17-6-10-19(28-3)11-7-17)13-12-20-24-21(25-29-20)16-4-8-18(23)9-5-16/h4-11,15H,12-14H2,1-3H3. The van der Waals surface area contributed by atoms with Crippen molar-refractivity contribution in [2.75, 3.05) is 20.2 Å². The second-order valence-electron chi connectivity index (χ2n) is 7.14. The number of amides is 1. The summed E-state index contributed by atoms with van der Waals surface area (Å²) in [6.45, 7) is 5.34. The minimum absolute atomic E-state index is 0.0194. The Kier molecular flexibility index (Phi) is 7.04. The molecule has 3 aromatic rings. The monoisotopic (exact) mass is 457 g/mol. The Hall–Kier alpha value is -2.67. The molecule has 1 aromatic heterocycles. The van der Waals surface area contributed by atoms with Gasteiger partial charge in [-0.3, -0.25) is 4.79 Å². The van der Waals surface area contributed by atoms with E-state index in [0.717, 1.165) is 15.8 Å². The van der Waals surface area contributed by atoms with Crippen LogP contribution in [0.2, 0.25) is 0 Å². The van der Waals surface area contributed by atoms with E-state index in [4.69, 9.17) is 9.26 Å². The lowest BCUT2D eigenvalue weighted by molar-refractivity contribution is 0.0734. The summed E-state index contributed by atoms with van der Waals surface area (Å²) in [5.41, 5.74) is 1.52. The largest absolute Gasteiger partial charge is 0.497 e. The van der Waals surface area contributed by atoms with Crippen molar-refractivity contribution in [1.82, 2.24) is 15.0 Å². The van der Waals surface area contributed by atoms with Crippen LogP contribution in [0.3, 0.4) is 0 Å². The molecule has 0 fully saturated rings. The highest BCUT2D eigenvalue weighted by Crippen LogP contribution is 2.19. The molecule has 0 atom stereocenters. The van der Waals surface area contributed by atoms with Gasteiger partial charge in [-0.1, -0.05) is 34.9 Å². The van der Waals surface area contributed by atoms with Crippen LogP contribution < -0.4 is 4.74 Å². The third-order valence-electron chi connectivity index (χ3n) is 4.38. The number of methoxy groups -OCH3 is 1. The number of benzene rings is 2. The lowest BCUT2D eigenvalue weighted by atomic mass is 10.1. The summed E-state index contributed by atoms with van der Waals surface area (Å²) in [7, 11) is 1.61. The van der Waals surface area contributed by atoms with E-state index in [2.05, 4.69) is 39.9 Å². The summed E-state index contributed by atoms with van der Waals surface area (Å²) in [6.07, 6.45) is 0.498. The highest BCUT2D eigenvalue weighted by atomic mass is 79.9. The number of hydrogen-bond donors (Lipinski definition) is 0. The molecular formula is C22H24BrN3O3. The van der Waals surface area contributed by atoms with Crippen molar-refractivity contribution < 1.29 is 14.1 Å². The normalized spacial score (nSPS) is 10.9. The zero-order valence-corrected chi connectivity index (χ0v) is 18.3.